The molecule has 12 heavy (non-hydrogen) atoms. The van der Waals surface area contributed by atoms with Gasteiger partial charge in [-0.15, -0.1) is 0 Å². The van der Waals surface area contributed by atoms with Crippen LogP contribution in [0.4, 0.5) is 5.69 Å². The Morgan fingerprint density at radius 2 is 2.25 bits per heavy atom. The number of hydrogen-bond acceptors (Lipinski definition) is 2. The summed E-state index contributed by atoms with van der Waals surface area (Å²) in [6, 6.07) is 4.77. The molecule has 0 amide bonds. The lowest BCUT2D eigenvalue weighted by molar-refractivity contribution is 0.0697. The molecule has 0 aromatic heterocycles. The molecule has 1 rings (SSSR count). The zero-order chi connectivity index (χ0) is 9.14. The third-order valence-electron chi connectivity index (χ3n) is 1.63. The summed E-state index contributed by atoms with van der Waals surface area (Å²) in [4.78, 5) is 14.2. The van der Waals surface area contributed by atoms with E-state index >= 15 is 0 Å². The van der Waals surface area contributed by atoms with Crippen LogP contribution in [0, 0.1) is 6.92 Å². The Bertz CT molecular complexity index is 331. The van der Waals surface area contributed by atoms with Gasteiger partial charge in [0.2, 0.25) is 0 Å². The summed E-state index contributed by atoms with van der Waals surface area (Å²) in [6.45, 7) is 5.21. The Morgan fingerprint density at radius 3 is 2.75 bits per heavy atom. The summed E-state index contributed by atoms with van der Waals surface area (Å²) >= 11 is 0. The van der Waals surface area contributed by atoms with E-state index < -0.39 is 5.97 Å². The maximum absolute atomic E-state index is 10.5. The van der Waals surface area contributed by atoms with Gasteiger partial charge in [0.25, 0.3) is 0 Å². The molecule has 3 heteroatoms. The average molecular weight is 163 g/mol. The van der Waals surface area contributed by atoms with E-state index in [0.29, 0.717) is 5.69 Å². The summed E-state index contributed by atoms with van der Waals surface area (Å²) in [5.74, 6) is -0.945. The number of carboxylic acid groups (broad SMARTS) is 1. The zero-order valence-electron chi connectivity index (χ0n) is 6.74. The van der Waals surface area contributed by atoms with Crippen LogP contribution >= 0.6 is 0 Å². The molecule has 0 atom stereocenters. The van der Waals surface area contributed by atoms with Crippen LogP contribution < -0.4 is 0 Å². The first kappa shape index (κ1) is 8.46. The second-order valence-electron chi connectivity index (χ2n) is 2.46. The van der Waals surface area contributed by atoms with Gasteiger partial charge in [-0.05, 0) is 31.3 Å². The summed E-state index contributed by atoms with van der Waals surface area (Å²) in [7, 11) is 0. The molecule has 0 radical (unpaired) electrons. The van der Waals surface area contributed by atoms with Crippen LogP contribution in [-0.4, -0.2) is 17.8 Å². The summed E-state index contributed by atoms with van der Waals surface area (Å²) < 4.78 is 0. The van der Waals surface area contributed by atoms with Gasteiger partial charge >= 0.3 is 5.97 Å². The molecule has 0 aliphatic rings. The first-order valence-corrected chi connectivity index (χ1v) is 3.46. The van der Waals surface area contributed by atoms with Gasteiger partial charge in [0.15, 0.2) is 0 Å². The molecule has 1 N–H and O–H groups in total. The smallest absolute Gasteiger partial charge is 0.335 e. The maximum atomic E-state index is 10.5. The molecule has 3 nitrogen and oxygen atoms in total. The number of aromatic carboxylic acids is 1. The van der Waals surface area contributed by atoms with Crippen LogP contribution in [0.3, 0.4) is 0 Å². The lowest BCUT2D eigenvalue weighted by atomic mass is 10.1. The van der Waals surface area contributed by atoms with Crippen molar-refractivity contribution in [1.29, 1.82) is 0 Å². The molecule has 1 aromatic rings. The van der Waals surface area contributed by atoms with Crippen LogP contribution in [0.1, 0.15) is 15.9 Å². The van der Waals surface area contributed by atoms with Crippen LogP contribution in [0.5, 0.6) is 0 Å². The molecular formula is C9H9NO2. The van der Waals surface area contributed by atoms with E-state index in [1.54, 1.807) is 12.1 Å². The highest BCUT2D eigenvalue weighted by Gasteiger charge is 2.03. The number of carbonyl (C=O) groups is 1. The monoisotopic (exact) mass is 163 g/mol. The van der Waals surface area contributed by atoms with Crippen molar-refractivity contribution in [1.82, 2.24) is 0 Å². The van der Waals surface area contributed by atoms with Crippen LogP contribution in [-0.2, 0) is 0 Å². The third kappa shape index (κ3) is 1.50. The second kappa shape index (κ2) is 3.17. The highest BCUT2D eigenvalue weighted by atomic mass is 16.4. The SMILES string of the molecule is C=Nc1cc(C(=O)O)ccc1C. The quantitative estimate of drug-likeness (QED) is 0.678. The van der Waals surface area contributed by atoms with Gasteiger partial charge in [-0.2, -0.15) is 0 Å². The molecule has 0 fully saturated rings. The molecule has 0 heterocycles. The van der Waals surface area contributed by atoms with E-state index in [-0.39, 0.29) is 5.56 Å². The fourth-order valence-electron chi connectivity index (χ4n) is 0.913. The lowest BCUT2D eigenvalue weighted by Gasteiger charge is -1.99. The van der Waals surface area contributed by atoms with Crippen molar-refractivity contribution in [2.24, 2.45) is 4.99 Å². The van der Waals surface area contributed by atoms with Gasteiger partial charge in [-0.3, -0.25) is 4.99 Å². The average Bonchev–Trinajstić information content (AvgIpc) is 2.05. The molecule has 0 bridgehead atoms. The van der Waals surface area contributed by atoms with E-state index in [0.717, 1.165) is 5.56 Å². The topological polar surface area (TPSA) is 49.7 Å². The van der Waals surface area contributed by atoms with Gasteiger partial charge in [0, 0.05) is 0 Å². The second-order valence-corrected chi connectivity index (χ2v) is 2.46. The predicted molar refractivity (Wildman–Crippen MR) is 47.3 cm³/mol. The van der Waals surface area contributed by atoms with Crippen LogP contribution in [0.25, 0.3) is 0 Å². The van der Waals surface area contributed by atoms with Crippen molar-refractivity contribution in [3.8, 4) is 0 Å². The van der Waals surface area contributed by atoms with Gasteiger partial charge < -0.3 is 5.11 Å². The first-order valence-electron chi connectivity index (χ1n) is 3.46. The highest BCUT2D eigenvalue weighted by molar-refractivity contribution is 5.89. The van der Waals surface area contributed by atoms with Crippen LogP contribution in [0.2, 0.25) is 0 Å². The molecular weight excluding hydrogens is 154 g/mol. The van der Waals surface area contributed by atoms with Crippen molar-refractivity contribution in [3.05, 3.63) is 29.3 Å². The van der Waals surface area contributed by atoms with Gasteiger partial charge in [0.05, 0.1) is 11.3 Å². The Balaban J connectivity index is 3.22. The third-order valence-corrected chi connectivity index (χ3v) is 1.63. The first-order chi connectivity index (χ1) is 5.65. The van der Waals surface area contributed by atoms with Crippen LogP contribution in [0.15, 0.2) is 23.2 Å². The standard InChI is InChI=1S/C9H9NO2/c1-6-3-4-7(9(11)12)5-8(6)10-2/h3-5H,2H2,1H3,(H,11,12). The van der Waals surface area contributed by atoms with Gasteiger partial charge in [-0.1, -0.05) is 6.07 Å². The van der Waals surface area contributed by atoms with Gasteiger partial charge in [0.1, 0.15) is 0 Å². The fourth-order valence-corrected chi connectivity index (χ4v) is 0.913. The normalized spacial score (nSPS) is 9.42. The van der Waals surface area contributed by atoms with Crippen molar-refractivity contribution >= 4 is 18.4 Å². The number of rotatable bonds is 2. The molecule has 0 saturated carbocycles. The van der Waals surface area contributed by atoms with Gasteiger partial charge in [-0.25, -0.2) is 4.79 Å². The fraction of sp³-hybridized carbons (Fsp3) is 0.111. The molecule has 0 aliphatic carbocycles. The Hall–Kier alpha value is -1.64. The van der Waals surface area contributed by atoms with E-state index in [4.69, 9.17) is 5.11 Å². The minimum absolute atomic E-state index is 0.239. The molecule has 0 spiro atoms. The summed E-state index contributed by atoms with van der Waals surface area (Å²) in [5, 5.41) is 8.63. The number of benzene rings is 1. The number of nitrogens with zero attached hydrogens (tertiary/aromatic N) is 1. The largest absolute Gasteiger partial charge is 0.478 e. The maximum Gasteiger partial charge on any atom is 0.335 e. The molecule has 1 aromatic carbocycles. The lowest BCUT2D eigenvalue weighted by Crippen LogP contribution is -1.95. The highest BCUT2D eigenvalue weighted by Crippen LogP contribution is 2.19. The minimum atomic E-state index is -0.945. The number of carboxylic acids is 1. The van der Waals surface area contributed by atoms with Crippen molar-refractivity contribution in [2.75, 3.05) is 0 Å². The number of aryl methyl sites for hydroxylation is 1. The van der Waals surface area contributed by atoms with Crippen molar-refractivity contribution in [3.63, 3.8) is 0 Å². The molecule has 0 unspecified atom stereocenters. The molecule has 0 aliphatic heterocycles. The van der Waals surface area contributed by atoms with Crippen molar-refractivity contribution in [2.45, 2.75) is 6.92 Å². The molecule has 0 saturated heterocycles. The summed E-state index contributed by atoms with van der Waals surface area (Å²) in [6.07, 6.45) is 0. The minimum Gasteiger partial charge on any atom is -0.478 e. The number of hydrogen-bond donors (Lipinski definition) is 1. The Morgan fingerprint density at radius 1 is 1.58 bits per heavy atom. The molecule has 62 valence electrons. The van der Waals surface area contributed by atoms with Crippen molar-refractivity contribution < 1.29 is 9.90 Å². The van der Waals surface area contributed by atoms with E-state index in [9.17, 15) is 4.79 Å². The predicted octanol–water partition coefficient (Wildman–Crippen LogP) is 2.03. The van der Waals surface area contributed by atoms with E-state index in [1.807, 2.05) is 6.92 Å². The van der Waals surface area contributed by atoms with E-state index in [1.165, 1.54) is 6.07 Å². The van der Waals surface area contributed by atoms with E-state index in [2.05, 4.69) is 11.7 Å². The Labute approximate surface area is 70.4 Å². The number of aliphatic imine (C=N–C) groups is 1. The zero-order valence-corrected chi connectivity index (χ0v) is 6.74. The Kier molecular flexibility index (Phi) is 2.24. The summed E-state index contributed by atoms with van der Waals surface area (Å²) in [5.41, 5.74) is 1.79.